The van der Waals surface area contributed by atoms with Gasteiger partial charge in [0.25, 0.3) is 0 Å². The van der Waals surface area contributed by atoms with E-state index < -0.39 is 17.6 Å². The first kappa shape index (κ1) is 25.3. The SMILES string of the molecule is CC(CCNC(=O)OCC1c2ccccc2-c2ccccc21)CCC(=O)N(C)C(C)(C)C(=O)O. The Hall–Kier alpha value is -3.35. The minimum atomic E-state index is -1.24. The van der Waals surface area contributed by atoms with E-state index >= 15 is 0 Å². The van der Waals surface area contributed by atoms with E-state index in [2.05, 4.69) is 29.6 Å². The Balaban J connectivity index is 1.41. The van der Waals surface area contributed by atoms with Gasteiger partial charge in [0, 0.05) is 25.9 Å². The molecule has 7 nitrogen and oxygen atoms in total. The molecule has 0 fully saturated rings. The molecule has 0 radical (unpaired) electrons. The standard InChI is InChI=1S/C27H34N2O5/c1-18(13-14-24(30)29(4)27(2,3)25(31)32)15-16-28-26(33)34-17-23-21-11-7-5-9-19(21)20-10-6-8-12-22(20)23/h5-12,18,23H,13-17H2,1-4H3,(H,28,33)(H,31,32). The summed E-state index contributed by atoms with van der Waals surface area (Å²) in [6.45, 7) is 5.75. The second kappa shape index (κ2) is 10.7. The van der Waals surface area contributed by atoms with Crippen LogP contribution in [0.15, 0.2) is 48.5 Å². The summed E-state index contributed by atoms with van der Waals surface area (Å²) < 4.78 is 5.54. The molecule has 182 valence electrons. The van der Waals surface area contributed by atoms with Crippen molar-refractivity contribution in [2.24, 2.45) is 5.92 Å². The van der Waals surface area contributed by atoms with Crippen molar-refractivity contribution < 1.29 is 24.2 Å². The van der Waals surface area contributed by atoms with Gasteiger partial charge in [-0.2, -0.15) is 0 Å². The predicted octanol–water partition coefficient (Wildman–Crippen LogP) is 4.65. The van der Waals surface area contributed by atoms with Crippen LogP contribution in [0.2, 0.25) is 0 Å². The first-order chi connectivity index (χ1) is 16.1. The number of nitrogens with zero attached hydrogens (tertiary/aromatic N) is 1. The molecule has 0 bridgehead atoms. The first-order valence-electron chi connectivity index (χ1n) is 11.7. The molecule has 0 aromatic heterocycles. The minimum absolute atomic E-state index is 0.0233. The van der Waals surface area contributed by atoms with Crippen LogP contribution < -0.4 is 5.32 Å². The van der Waals surface area contributed by atoms with E-state index in [1.807, 2.05) is 31.2 Å². The van der Waals surface area contributed by atoms with Gasteiger partial charge in [-0.25, -0.2) is 9.59 Å². The van der Waals surface area contributed by atoms with E-state index in [1.54, 1.807) is 0 Å². The second-order valence-electron chi connectivity index (χ2n) is 9.50. The van der Waals surface area contributed by atoms with E-state index in [4.69, 9.17) is 4.74 Å². The molecule has 0 heterocycles. The van der Waals surface area contributed by atoms with Crippen LogP contribution in [0.5, 0.6) is 0 Å². The molecule has 0 saturated carbocycles. The third-order valence-corrected chi connectivity index (χ3v) is 6.84. The van der Waals surface area contributed by atoms with Gasteiger partial charge in [0.15, 0.2) is 0 Å². The maximum Gasteiger partial charge on any atom is 0.407 e. The molecule has 2 aromatic carbocycles. The van der Waals surface area contributed by atoms with Gasteiger partial charge in [-0.3, -0.25) is 4.79 Å². The van der Waals surface area contributed by atoms with Crippen LogP contribution in [0.4, 0.5) is 4.79 Å². The lowest BCUT2D eigenvalue weighted by Crippen LogP contribution is -2.50. The van der Waals surface area contributed by atoms with Crippen molar-refractivity contribution in [2.45, 2.75) is 51.5 Å². The van der Waals surface area contributed by atoms with E-state index in [0.29, 0.717) is 19.4 Å². The summed E-state index contributed by atoms with van der Waals surface area (Å²) in [5.41, 5.74) is 3.48. The molecule has 2 aromatic rings. The number of amides is 2. The van der Waals surface area contributed by atoms with Crippen molar-refractivity contribution in [1.82, 2.24) is 10.2 Å². The number of hydrogen-bond acceptors (Lipinski definition) is 4. The largest absolute Gasteiger partial charge is 0.480 e. The molecule has 7 heteroatoms. The van der Waals surface area contributed by atoms with E-state index in [1.165, 1.54) is 48.0 Å². The predicted molar refractivity (Wildman–Crippen MR) is 131 cm³/mol. The number of ether oxygens (including phenoxy) is 1. The summed E-state index contributed by atoms with van der Waals surface area (Å²) in [4.78, 5) is 37.2. The average molecular weight is 467 g/mol. The van der Waals surface area contributed by atoms with Gasteiger partial charge in [0.05, 0.1) is 0 Å². The summed E-state index contributed by atoms with van der Waals surface area (Å²) >= 11 is 0. The molecule has 1 aliphatic rings. The fourth-order valence-corrected chi connectivity index (χ4v) is 4.21. The molecule has 3 rings (SSSR count). The number of nitrogens with one attached hydrogen (secondary N) is 1. The number of carbonyl (C=O) groups excluding carboxylic acids is 2. The van der Waals surface area contributed by atoms with Crippen LogP contribution in [0, 0.1) is 5.92 Å². The highest BCUT2D eigenvalue weighted by molar-refractivity contribution is 5.86. The number of likely N-dealkylation sites (N-methyl/N-ethyl adjacent to an activating group) is 1. The van der Waals surface area contributed by atoms with Crippen molar-refractivity contribution in [3.8, 4) is 11.1 Å². The summed E-state index contributed by atoms with van der Waals surface area (Å²) in [6, 6.07) is 16.4. The highest BCUT2D eigenvalue weighted by atomic mass is 16.5. The third kappa shape index (κ3) is 5.58. The van der Waals surface area contributed by atoms with Gasteiger partial charge in [-0.05, 0) is 54.9 Å². The van der Waals surface area contributed by atoms with Crippen LogP contribution in [-0.4, -0.2) is 53.7 Å². The number of fused-ring (bicyclic) bond motifs is 3. The van der Waals surface area contributed by atoms with Crippen LogP contribution in [-0.2, 0) is 14.3 Å². The molecule has 0 spiro atoms. The van der Waals surface area contributed by atoms with Gasteiger partial charge >= 0.3 is 12.1 Å². The summed E-state index contributed by atoms with van der Waals surface area (Å²) in [5.74, 6) is -1.03. The number of hydrogen-bond donors (Lipinski definition) is 2. The average Bonchev–Trinajstić information content (AvgIpc) is 3.14. The Morgan fingerprint density at radius 2 is 1.59 bits per heavy atom. The first-order valence-corrected chi connectivity index (χ1v) is 11.7. The molecular weight excluding hydrogens is 432 g/mol. The van der Waals surface area contributed by atoms with Crippen molar-refractivity contribution in [3.63, 3.8) is 0 Å². The van der Waals surface area contributed by atoms with Gasteiger partial charge in [-0.15, -0.1) is 0 Å². The van der Waals surface area contributed by atoms with Crippen molar-refractivity contribution in [3.05, 3.63) is 59.7 Å². The number of carbonyl (C=O) groups is 3. The quantitative estimate of drug-likeness (QED) is 0.531. The lowest BCUT2D eigenvalue weighted by atomic mass is 9.98. The fraction of sp³-hybridized carbons (Fsp3) is 0.444. The van der Waals surface area contributed by atoms with Gasteiger partial charge in [-0.1, -0.05) is 55.5 Å². The highest BCUT2D eigenvalue weighted by Gasteiger charge is 2.35. The van der Waals surface area contributed by atoms with E-state index in [-0.39, 0.29) is 30.8 Å². The lowest BCUT2D eigenvalue weighted by molar-refractivity contribution is -0.155. The third-order valence-electron chi connectivity index (χ3n) is 6.84. The number of aliphatic carboxylic acids is 1. The summed E-state index contributed by atoms with van der Waals surface area (Å²) in [6.07, 6.45) is 1.13. The Morgan fingerprint density at radius 3 is 2.15 bits per heavy atom. The summed E-state index contributed by atoms with van der Waals surface area (Å²) in [5, 5.41) is 12.1. The van der Waals surface area contributed by atoms with E-state index in [0.717, 1.165) is 0 Å². The zero-order valence-electron chi connectivity index (χ0n) is 20.3. The Labute approximate surface area is 201 Å². The highest BCUT2D eigenvalue weighted by Crippen LogP contribution is 2.44. The maximum atomic E-state index is 12.3. The van der Waals surface area contributed by atoms with E-state index in [9.17, 15) is 19.5 Å². The number of carboxylic acid groups (broad SMARTS) is 1. The lowest BCUT2D eigenvalue weighted by Gasteiger charge is -2.31. The van der Waals surface area contributed by atoms with Crippen molar-refractivity contribution >= 4 is 18.0 Å². The molecule has 2 amide bonds. The number of carboxylic acids is 1. The zero-order valence-corrected chi connectivity index (χ0v) is 20.3. The molecule has 0 aliphatic heterocycles. The molecule has 0 saturated heterocycles. The molecule has 34 heavy (non-hydrogen) atoms. The zero-order chi connectivity index (χ0) is 24.9. The number of rotatable bonds is 10. The van der Waals surface area contributed by atoms with Crippen molar-refractivity contribution in [2.75, 3.05) is 20.2 Å². The molecule has 2 N–H and O–H groups in total. The topological polar surface area (TPSA) is 95.9 Å². The molecule has 1 atom stereocenters. The molecule has 1 unspecified atom stereocenters. The molecule has 1 aliphatic carbocycles. The van der Waals surface area contributed by atoms with Gasteiger partial charge in [0.1, 0.15) is 12.1 Å². The van der Waals surface area contributed by atoms with Crippen LogP contribution in [0.25, 0.3) is 11.1 Å². The Kier molecular flexibility index (Phi) is 7.97. The maximum absolute atomic E-state index is 12.3. The second-order valence-corrected chi connectivity index (χ2v) is 9.50. The Bertz CT molecular complexity index is 1000. The van der Waals surface area contributed by atoms with Crippen LogP contribution >= 0.6 is 0 Å². The summed E-state index contributed by atoms with van der Waals surface area (Å²) in [7, 11) is 1.51. The van der Waals surface area contributed by atoms with Crippen LogP contribution in [0.1, 0.15) is 57.1 Å². The van der Waals surface area contributed by atoms with Crippen molar-refractivity contribution in [1.29, 1.82) is 0 Å². The monoisotopic (exact) mass is 466 g/mol. The smallest absolute Gasteiger partial charge is 0.407 e. The number of benzene rings is 2. The Morgan fingerprint density at radius 1 is 1.03 bits per heavy atom. The van der Waals surface area contributed by atoms with Gasteiger partial charge in [0.2, 0.25) is 5.91 Å². The normalized spacial score (nSPS) is 13.5. The van der Waals surface area contributed by atoms with Gasteiger partial charge < -0.3 is 20.1 Å². The minimum Gasteiger partial charge on any atom is -0.480 e. The van der Waals surface area contributed by atoms with Crippen LogP contribution in [0.3, 0.4) is 0 Å². The number of alkyl carbamates (subject to hydrolysis) is 1. The fourth-order valence-electron chi connectivity index (χ4n) is 4.21. The molecular formula is C27H34N2O5.